The van der Waals surface area contributed by atoms with Crippen LogP contribution in [-0.4, -0.2) is 24.3 Å². The summed E-state index contributed by atoms with van der Waals surface area (Å²) in [5, 5.41) is 9.92. The third-order valence-electron chi connectivity index (χ3n) is 3.38. The molecule has 0 aliphatic heterocycles. The van der Waals surface area contributed by atoms with Crippen LogP contribution in [0.15, 0.2) is 24.3 Å². The lowest BCUT2D eigenvalue weighted by Gasteiger charge is -2.20. The van der Waals surface area contributed by atoms with Crippen molar-refractivity contribution in [3.8, 4) is 0 Å². The first-order valence-corrected chi connectivity index (χ1v) is 5.65. The van der Waals surface area contributed by atoms with Gasteiger partial charge in [0.25, 0.3) is 0 Å². The van der Waals surface area contributed by atoms with Gasteiger partial charge in [0.2, 0.25) is 0 Å². The molecule has 1 aliphatic rings. The summed E-state index contributed by atoms with van der Waals surface area (Å²) >= 11 is 0. The average Bonchev–Trinajstić information content (AvgIpc) is 2.71. The summed E-state index contributed by atoms with van der Waals surface area (Å²) in [6.07, 6.45) is 0.613. The van der Waals surface area contributed by atoms with Crippen molar-refractivity contribution in [1.29, 1.82) is 0 Å². The Morgan fingerprint density at radius 2 is 2.00 bits per heavy atom. The number of aliphatic hydroxyl groups is 1. The van der Waals surface area contributed by atoms with Crippen LogP contribution in [0.3, 0.4) is 0 Å². The van der Waals surface area contributed by atoms with Gasteiger partial charge in [-0.1, -0.05) is 12.1 Å². The fraction of sp³-hybridized carbons (Fsp3) is 0.462. The van der Waals surface area contributed by atoms with Crippen LogP contribution in [0.4, 0.5) is 4.39 Å². The summed E-state index contributed by atoms with van der Waals surface area (Å²) in [4.78, 5) is 11.6. The van der Waals surface area contributed by atoms with Crippen LogP contribution in [0.25, 0.3) is 0 Å². The molecule has 3 atom stereocenters. The Morgan fingerprint density at radius 1 is 1.35 bits per heavy atom. The van der Waals surface area contributed by atoms with E-state index in [1.165, 1.54) is 19.2 Å². The van der Waals surface area contributed by atoms with Crippen molar-refractivity contribution in [3.05, 3.63) is 35.6 Å². The van der Waals surface area contributed by atoms with Gasteiger partial charge in [0.1, 0.15) is 5.82 Å². The predicted octanol–water partition coefficient (Wildman–Crippen LogP) is 1.85. The molecule has 0 heterocycles. The topological polar surface area (TPSA) is 46.5 Å². The number of methoxy groups -OCH3 is 1. The Kier molecular flexibility index (Phi) is 3.43. The van der Waals surface area contributed by atoms with Crippen LogP contribution < -0.4 is 0 Å². The van der Waals surface area contributed by atoms with Crippen molar-refractivity contribution in [3.63, 3.8) is 0 Å². The van der Waals surface area contributed by atoms with Gasteiger partial charge < -0.3 is 9.84 Å². The van der Waals surface area contributed by atoms with Crippen LogP contribution in [-0.2, 0) is 9.53 Å². The van der Waals surface area contributed by atoms with Crippen molar-refractivity contribution in [2.24, 2.45) is 5.92 Å². The average molecular weight is 238 g/mol. The van der Waals surface area contributed by atoms with Gasteiger partial charge >= 0.3 is 5.97 Å². The van der Waals surface area contributed by atoms with Gasteiger partial charge in [0.05, 0.1) is 19.1 Å². The molecule has 1 aromatic carbocycles. The van der Waals surface area contributed by atoms with Gasteiger partial charge in [-0.05, 0) is 30.5 Å². The second-order valence-corrected chi connectivity index (χ2v) is 4.35. The molecule has 1 aromatic rings. The highest BCUT2D eigenvalue weighted by Gasteiger charge is 2.40. The molecule has 4 heteroatoms. The van der Waals surface area contributed by atoms with Gasteiger partial charge in [0, 0.05) is 5.92 Å². The third kappa shape index (κ3) is 2.31. The van der Waals surface area contributed by atoms with Gasteiger partial charge in [-0.25, -0.2) is 4.39 Å². The molecule has 0 bridgehead atoms. The number of hydrogen-bond donors (Lipinski definition) is 1. The van der Waals surface area contributed by atoms with Gasteiger partial charge in [-0.15, -0.1) is 0 Å². The van der Waals surface area contributed by atoms with E-state index in [2.05, 4.69) is 0 Å². The minimum absolute atomic E-state index is 0.289. The molecular formula is C13H15FO3. The maximum Gasteiger partial charge on any atom is 0.309 e. The quantitative estimate of drug-likeness (QED) is 0.800. The van der Waals surface area contributed by atoms with Crippen molar-refractivity contribution in [2.45, 2.75) is 24.9 Å². The summed E-state index contributed by atoms with van der Waals surface area (Å²) in [5.74, 6) is -1.25. The summed E-state index contributed by atoms with van der Waals surface area (Å²) in [6.45, 7) is 0. The fourth-order valence-electron chi connectivity index (χ4n) is 2.53. The lowest BCUT2D eigenvalue weighted by Crippen LogP contribution is -2.24. The standard InChI is InChI=1S/C13H15FO3/c1-17-13(16)10-6-7-11(15)12(10)8-2-4-9(14)5-3-8/h2-5,10-12,15H,6-7H2,1H3. The first kappa shape index (κ1) is 12.0. The molecule has 0 spiro atoms. The van der Waals surface area contributed by atoms with Crippen LogP contribution in [0.5, 0.6) is 0 Å². The Hall–Kier alpha value is -1.42. The molecule has 3 unspecified atom stereocenters. The van der Waals surface area contributed by atoms with Crippen LogP contribution >= 0.6 is 0 Å². The van der Waals surface area contributed by atoms with E-state index in [9.17, 15) is 14.3 Å². The molecular weight excluding hydrogens is 223 g/mol. The van der Waals surface area contributed by atoms with Gasteiger partial charge in [0.15, 0.2) is 0 Å². The smallest absolute Gasteiger partial charge is 0.309 e. The lowest BCUT2D eigenvalue weighted by molar-refractivity contribution is -0.146. The number of carbonyl (C=O) groups excluding carboxylic acids is 1. The zero-order valence-electron chi connectivity index (χ0n) is 9.60. The van der Waals surface area contributed by atoms with Crippen molar-refractivity contribution >= 4 is 5.97 Å². The normalized spacial score (nSPS) is 28.1. The zero-order valence-corrected chi connectivity index (χ0v) is 9.60. The Balaban J connectivity index is 2.27. The third-order valence-corrected chi connectivity index (χ3v) is 3.38. The molecule has 1 saturated carbocycles. The summed E-state index contributed by atoms with van der Waals surface area (Å²) < 4.78 is 17.6. The van der Waals surface area contributed by atoms with E-state index in [0.29, 0.717) is 12.8 Å². The fourth-order valence-corrected chi connectivity index (χ4v) is 2.53. The molecule has 0 radical (unpaired) electrons. The van der Waals surface area contributed by atoms with Crippen molar-refractivity contribution < 1.29 is 19.0 Å². The summed E-state index contributed by atoms with van der Waals surface area (Å²) in [7, 11) is 1.34. The van der Waals surface area contributed by atoms with Crippen molar-refractivity contribution in [1.82, 2.24) is 0 Å². The molecule has 0 aromatic heterocycles. The van der Waals surface area contributed by atoms with Gasteiger partial charge in [-0.3, -0.25) is 4.79 Å². The molecule has 17 heavy (non-hydrogen) atoms. The number of carbonyl (C=O) groups is 1. The maximum atomic E-state index is 12.8. The number of aliphatic hydroxyl groups excluding tert-OH is 1. The number of halogens is 1. The largest absolute Gasteiger partial charge is 0.469 e. The Labute approximate surface area is 99.2 Å². The van der Waals surface area contributed by atoms with E-state index in [1.54, 1.807) is 12.1 Å². The first-order chi connectivity index (χ1) is 8.13. The Bertz CT molecular complexity index is 402. The van der Waals surface area contributed by atoms with Gasteiger partial charge in [-0.2, -0.15) is 0 Å². The number of rotatable bonds is 2. The molecule has 92 valence electrons. The second kappa shape index (κ2) is 4.84. The monoisotopic (exact) mass is 238 g/mol. The number of esters is 1. The highest BCUT2D eigenvalue weighted by molar-refractivity contribution is 5.74. The van der Waals surface area contributed by atoms with E-state index < -0.39 is 6.10 Å². The maximum absolute atomic E-state index is 12.8. The highest BCUT2D eigenvalue weighted by Crippen LogP contribution is 2.40. The van der Waals surface area contributed by atoms with E-state index in [0.717, 1.165) is 5.56 Å². The molecule has 0 amide bonds. The van der Waals surface area contributed by atoms with Crippen LogP contribution in [0, 0.1) is 11.7 Å². The van der Waals surface area contributed by atoms with Crippen LogP contribution in [0.1, 0.15) is 24.3 Å². The van der Waals surface area contributed by atoms with Crippen LogP contribution in [0.2, 0.25) is 0 Å². The van der Waals surface area contributed by atoms with E-state index >= 15 is 0 Å². The highest BCUT2D eigenvalue weighted by atomic mass is 19.1. The summed E-state index contributed by atoms with van der Waals surface area (Å²) in [5.41, 5.74) is 0.784. The lowest BCUT2D eigenvalue weighted by atomic mass is 9.87. The number of benzene rings is 1. The minimum atomic E-state index is -0.565. The SMILES string of the molecule is COC(=O)C1CCC(O)C1c1ccc(F)cc1. The zero-order chi connectivity index (χ0) is 12.4. The molecule has 1 fully saturated rings. The molecule has 1 N–H and O–H groups in total. The summed E-state index contributed by atoms with van der Waals surface area (Å²) in [6, 6.07) is 5.92. The molecule has 2 rings (SSSR count). The minimum Gasteiger partial charge on any atom is -0.469 e. The second-order valence-electron chi connectivity index (χ2n) is 4.35. The molecule has 1 aliphatic carbocycles. The molecule has 0 saturated heterocycles. The number of ether oxygens (including phenoxy) is 1. The first-order valence-electron chi connectivity index (χ1n) is 5.65. The molecule has 3 nitrogen and oxygen atoms in total. The van der Waals surface area contributed by atoms with E-state index in [1.807, 2.05) is 0 Å². The number of hydrogen-bond acceptors (Lipinski definition) is 3. The van der Waals surface area contributed by atoms with E-state index in [4.69, 9.17) is 4.74 Å². The Morgan fingerprint density at radius 3 is 2.59 bits per heavy atom. The van der Waals surface area contributed by atoms with E-state index in [-0.39, 0.29) is 23.6 Å². The predicted molar refractivity (Wildman–Crippen MR) is 59.9 cm³/mol. The van der Waals surface area contributed by atoms with Crippen molar-refractivity contribution in [2.75, 3.05) is 7.11 Å².